The highest BCUT2D eigenvalue weighted by Gasteiger charge is 2.51. The summed E-state index contributed by atoms with van der Waals surface area (Å²) in [6.07, 6.45) is -4.77. The third-order valence-corrected chi connectivity index (χ3v) is 8.69. The average molecular weight is 589 g/mol. The van der Waals surface area contributed by atoms with E-state index < -0.39 is 77.2 Å². The van der Waals surface area contributed by atoms with E-state index in [1.54, 1.807) is 49.4 Å². The van der Waals surface area contributed by atoms with E-state index in [1.807, 2.05) is 0 Å². The van der Waals surface area contributed by atoms with Crippen molar-refractivity contribution in [3.05, 3.63) is 88.0 Å². The summed E-state index contributed by atoms with van der Waals surface area (Å²) in [6.45, 7) is 1.62. The molecular formula is C32H32N2O9. The lowest BCUT2D eigenvalue weighted by Crippen LogP contribution is -2.54. The molecule has 1 saturated heterocycles. The minimum atomic E-state index is -2.16. The number of nitrogens with two attached hydrogens (primary N) is 1. The van der Waals surface area contributed by atoms with Gasteiger partial charge in [-0.25, -0.2) is 0 Å². The molecule has 3 aromatic rings. The normalized spacial score (nSPS) is 28.1. The fourth-order valence-corrected chi connectivity index (χ4v) is 6.40. The van der Waals surface area contributed by atoms with Crippen molar-refractivity contribution in [2.24, 2.45) is 5.73 Å². The number of likely N-dealkylation sites (N-methyl/N-ethyl adjacent to an activating group) is 1. The molecular weight excluding hydrogens is 556 g/mol. The maximum absolute atomic E-state index is 13.9. The van der Waals surface area contributed by atoms with Gasteiger partial charge < -0.3 is 40.5 Å². The van der Waals surface area contributed by atoms with Gasteiger partial charge in [-0.15, -0.1) is 0 Å². The van der Waals surface area contributed by atoms with Crippen molar-refractivity contribution in [2.75, 3.05) is 11.9 Å². The molecule has 0 spiro atoms. The summed E-state index contributed by atoms with van der Waals surface area (Å²) in [4.78, 5) is 42.2. The number of anilines is 1. The van der Waals surface area contributed by atoms with Crippen molar-refractivity contribution in [2.45, 2.75) is 62.4 Å². The molecule has 0 radical (unpaired) electrons. The number of carbonyl (C=O) groups is 3. The van der Waals surface area contributed by atoms with Crippen LogP contribution in [0.25, 0.3) is 0 Å². The van der Waals surface area contributed by atoms with Gasteiger partial charge in [-0.3, -0.25) is 14.4 Å². The van der Waals surface area contributed by atoms with Gasteiger partial charge in [0, 0.05) is 60.3 Å². The van der Waals surface area contributed by atoms with Crippen molar-refractivity contribution in [3.63, 3.8) is 0 Å². The second-order valence-electron chi connectivity index (χ2n) is 11.4. The number of para-hydroxylation sites is 1. The lowest BCUT2D eigenvalue weighted by atomic mass is 9.72. The number of carbonyl (C=O) groups excluding carboxylic acids is 3. The minimum absolute atomic E-state index is 0.0347. The topological polar surface area (TPSA) is 180 Å². The van der Waals surface area contributed by atoms with Gasteiger partial charge in [0.25, 0.3) is 5.91 Å². The van der Waals surface area contributed by atoms with E-state index in [0.29, 0.717) is 5.69 Å². The first kappa shape index (κ1) is 29.0. The quantitative estimate of drug-likeness (QED) is 0.222. The van der Waals surface area contributed by atoms with Crippen LogP contribution in [0, 0.1) is 0 Å². The molecule has 3 aliphatic rings. The summed E-state index contributed by atoms with van der Waals surface area (Å²) in [6, 6.07) is 14.0. The maximum Gasteiger partial charge on any atom is 0.259 e. The number of fused-ring (bicyclic) bond motifs is 3. The number of benzene rings is 3. The summed E-state index contributed by atoms with van der Waals surface area (Å²) < 4.78 is 12.0. The zero-order valence-electron chi connectivity index (χ0n) is 23.6. The molecule has 43 heavy (non-hydrogen) atoms. The van der Waals surface area contributed by atoms with Crippen LogP contribution in [0.2, 0.25) is 0 Å². The van der Waals surface area contributed by atoms with Crippen LogP contribution in [-0.2, 0) is 20.7 Å². The third-order valence-electron chi connectivity index (χ3n) is 8.69. The fourth-order valence-electron chi connectivity index (χ4n) is 6.40. The Hall–Kier alpha value is -4.13. The number of aromatic hydroxyl groups is 2. The van der Waals surface area contributed by atoms with Crippen LogP contribution >= 0.6 is 0 Å². The molecule has 1 amide bonds. The smallest absolute Gasteiger partial charge is 0.259 e. The molecule has 1 fully saturated rings. The van der Waals surface area contributed by atoms with E-state index in [1.165, 1.54) is 24.1 Å². The van der Waals surface area contributed by atoms with E-state index in [0.717, 1.165) is 0 Å². The lowest BCUT2D eigenvalue weighted by Gasteiger charge is -2.43. The number of aliphatic hydroxyl groups is 2. The monoisotopic (exact) mass is 588 g/mol. The number of ketones is 2. The molecule has 224 valence electrons. The molecule has 6 rings (SSSR count). The molecule has 3 aromatic carbocycles. The van der Waals surface area contributed by atoms with Crippen LogP contribution in [0.15, 0.2) is 54.6 Å². The lowest BCUT2D eigenvalue weighted by molar-refractivity contribution is -0.247. The zero-order chi connectivity index (χ0) is 30.8. The van der Waals surface area contributed by atoms with Gasteiger partial charge in [-0.05, 0) is 19.1 Å². The molecule has 0 aromatic heterocycles. The molecule has 6 N–H and O–H groups in total. The van der Waals surface area contributed by atoms with Gasteiger partial charge in [0.15, 0.2) is 23.5 Å². The van der Waals surface area contributed by atoms with E-state index in [2.05, 4.69) is 0 Å². The Labute approximate surface area is 247 Å². The van der Waals surface area contributed by atoms with Crippen molar-refractivity contribution >= 4 is 23.2 Å². The van der Waals surface area contributed by atoms with Crippen LogP contribution < -0.4 is 10.6 Å². The molecule has 11 nitrogen and oxygen atoms in total. The summed E-state index contributed by atoms with van der Waals surface area (Å²) in [5.74, 6) is -3.26. The largest absolute Gasteiger partial charge is 0.507 e. The molecule has 0 bridgehead atoms. The summed E-state index contributed by atoms with van der Waals surface area (Å²) in [5.41, 5.74) is 3.65. The van der Waals surface area contributed by atoms with E-state index in [9.17, 15) is 34.8 Å². The molecule has 1 aliphatic heterocycles. The van der Waals surface area contributed by atoms with Gasteiger partial charge >= 0.3 is 0 Å². The highest BCUT2D eigenvalue weighted by molar-refractivity contribution is 6.30. The molecule has 2 aliphatic carbocycles. The van der Waals surface area contributed by atoms with Gasteiger partial charge in [0.1, 0.15) is 11.5 Å². The Morgan fingerprint density at radius 2 is 1.58 bits per heavy atom. The van der Waals surface area contributed by atoms with Gasteiger partial charge in [0.2, 0.25) is 0 Å². The number of phenols is 2. The van der Waals surface area contributed by atoms with Gasteiger partial charge in [-0.2, -0.15) is 0 Å². The molecule has 11 heteroatoms. The summed E-state index contributed by atoms with van der Waals surface area (Å²) in [5, 5.41) is 45.4. The number of aliphatic hydroxyl groups excluding tert-OH is 1. The number of rotatable bonds is 4. The first-order valence-corrected chi connectivity index (χ1v) is 14.0. The van der Waals surface area contributed by atoms with Gasteiger partial charge in [-0.1, -0.05) is 42.5 Å². The summed E-state index contributed by atoms with van der Waals surface area (Å²) >= 11 is 0. The number of nitrogens with zero attached hydrogens (tertiary/aromatic N) is 1. The van der Waals surface area contributed by atoms with Crippen molar-refractivity contribution in [3.8, 4) is 11.5 Å². The van der Waals surface area contributed by atoms with E-state index >= 15 is 0 Å². The Kier molecular flexibility index (Phi) is 7.10. The standard InChI is InChI=1S/C32H32N2O9/c1-15-26(35)20(33)12-22(42-15)43-21-14-32(41,31(40)34(2)16-8-4-3-5-9-16)13-19-23(21)30(39)25-24(29(19)38)27(36)17-10-6-7-11-18(17)28(25)37/h3-11,15,20-22,26,35,38-39,41H,12-14,33H2,1-2H3/t15?,20?,21-,22?,26?,32-/m0/s1. The number of amides is 1. The van der Waals surface area contributed by atoms with Gasteiger partial charge in [0.05, 0.1) is 29.4 Å². The van der Waals surface area contributed by atoms with Crippen LogP contribution in [0.3, 0.4) is 0 Å². The van der Waals surface area contributed by atoms with Crippen LogP contribution in [0.4, 0.5) is 5.69 Å². The first-order chi connectivity index (χ1) is 20.4. The zero-order valence-corrected chi connectivity index (χ0v) is 23.6. The van der Waals surface area contributed by atoms with E-state index in [4.69, 9.17) is 15.2 Å². The number of phenolic OH excluding ortho intramolecular Hbond substituents is 2. The highest BCUT2D eigenvalue weighted by atomic mass is 16.7. The Morgan fingerprint density at radius 3 is 2.19 bits per heavy atom. The van der Waals surface area contributed by atoms with Crippen LogP contribution in [-0.4, -0.2) is 75.1 Å². The Morgan fingerprint density at radius 1 is 1.00 bits per heavy atom. The fraction of sp³-hybridized carbons (Fsp3) is 0.344. The van der Waals surface area contributed by atoms with E-state index in [-0.39, 0.29) is 40.7 Å². The highest BCUT2D eigenvalue weighted by Crippen LogP contribution is 2.52. The van der Waals surface area contributed by atoms with Crippen molar-refractivity contribution in [1.29, 1.82) is 0 Å². The predicted octanol–water partition coefficient (Wildman–Crippen LogP) is 2.09. The Bertz CT molecular complexity index is 1630. The second-order valence-corrected chi connectivity index (χ2v) is 11.4. The number of hydrogen-bond acceptors (Lipinski definition) is 10. The third kappa shape index (κ3) is 4.60. The molecule has 4 unspecified atom stereocenters. The van der Waals surface area contributed by atoms with Crippen molar-refractivity contribution < 1.29 is 44.3 Å². The summed E-state index contributed by atoms with van der Waals surface area (Å²) in [7, 11) is 1.50. The van der Waals surface area contributed by atoms with Crippen molar-refractivity contribution in [1.82, 2.24) is 0 Å². The average Bonchev–Trinajstić information content (AvgIpc) is 2.99. The molecule has 0 saturated carbocycles. The maximum atomic E-state index is 13.9. The SMILES string of the molecule is CC1OC(O[C@H]2C[C@](O)(C(=O)N(C)c3ccccc3)Cc3c(O)c4c(c(O)c32)C(=O)c2ccccc2C4=O)CC(N)C1O. The minimum Gasteiger partial charge on any atom is -0.507 e. The second kappa shape index (κ2) is 10.5. The van der Waals surface area contributed by atoms with Crippen LogP contribution in [0.5, 0.6) is 11.5 Å². The Balaban J connectivity index is 1.49. The van der Waals surface area contributed by atoms with Crippen LogP contribution in [0.1, 0.15) is 68.8 Å². The number of hydrogen-bond donors (Lipinski definition) is 5. The first-order valence-electron chi connectivity index (χ1n) is 14.0. The number of ether oxygens (including phenoxy) is 2. The predicted molar refractivity (Wildman–Crippen MR) is 153 cm³/mol. The molecule has 6 atom stereocenters. The molecule has 1 heterocycles.